The van der Waals surface area contributed by atoms with E-state index >= 15 is 0 Å². The Kier molecular flexibility index (Phi) is 6.66. The Morgan fingerprint density at radius 2 is 1.91 bits per heavy atom. The summed E-state index contributed by atoms with van der Waals surface area (Å²) in [5.41, 5.74) is 4.01. The molecule has 3 heterocycles. The summed E-state index contributed by atoms with van der Waals surface area (Å²) in [7, 11) is -3.39. The minimum absolute atomic E-state index is 0.0131. The van der Waals surface area contributed by atoms with Crippen LogP contribution >= 0.6 is 11.3 Å². The van der Waals surface area contributed by atoms with Gasteiger partial charge in [-0.3, -0.25) is 4.79 Å². The molecule has 0 radical (unpaired) electrons. The Morgan fingerprint density at radius 1 is 1.26 bits per heavy atom. The molecule has 0 saturated carbocycles. The zero-order valence-electron chi connectivity index (χ0n) is 18.8. The zero-order valence-corrected chi connectivity index (χ0v) is 20.5. The number of carbonyl (C=O) groups excluding carboxylic acids is 1. The average Bonchev–Trinajstić information content (AvgIpc) is 3.14. The van der Waals surface area contributed by atoms with E-state index in [0.29, 0.717) is 5.69 Å². The lowest BCUT2D eigenvalue weighted by Gasteiger charge is -2.36. The predicted octanol–water partition coefficient (Wildman–Crippen LogP) is 3.47. The highest BCUT2D eigenvalue weighted by molar-refractivity contribution is 7.91. The Morgan fingerprint density at radius 3 is 2.46 bits per heavy atom. The van der Waals surface area contributed by atoms with Crippen molar-refractivity contribution in [3.8, 4) is 10.4 Å². The van der Waals surface area contributed by atoms with Crippen LogP contribution < -0.4 is 11.1 Å². The summed E-state index contributed by atoms with van der Waals surface area (Å²) in [6, 6.07) is 8.08. The first-order valence-corrected chi connectivity index (χ1v) is 13.1. The van der Waals surface area contributed by atoms with Crippen LogP contribution in [0.25, 0.3) is 10.4 Å². The molecule has 4 rings (SSSR count). The summed E-state index contributed by atoms with van der Waals surface area (Å²) in [6.07, 6.45) is 0. The van der Waals surface area contributed by atoms with E-state index < -0.39 is 38.2 Å². The van der Waals surface area contributed by atoms with Gasteiger partial charge in [0.05, 0.1) is 41.0 Å². The summed E-state index contributed by atoms with van der Waals surface area (Å²) >= 11 is 0.884. The maximum absolute atomic E-state index is 14.9. The molecule has 12 heteroatoms. The number of nitrogens with two attached hydrogens (primary N) is 1. The zero-order chi connectivity index (χ0) is 25.5. The number of aromatic nitrogens is 1. The fourth-order valence-corrected chi connectivity index (χ4v) is 5.47. The van der Waals surface area contributed by atoms with Gasteiger partial charge >= 0.3 is 0 Å². The SMILES string of the molecule is CC(C)S(=O)(=O)Cc1cccc(Nc2sc(-c3c(F)cc(C4(O)COC4)cc3F)cc2C(N)=O)n1. The molecule has 186 valence electrons. The minimum atomic E-state index is -3.39. The number of nitrogens with zero attached hydrogens (tertiary/aromatic N) is 1. The van der Waals surface area contributed by atoms with E-state index in [2.05, 4.69) is 10.3 Å². The van der Waals surface area contributed by atoms with Crippen molar-refractivity contribution in [1.29, 1.82) is 0 Å². The first kappa shape index (κ1) is 25.2. The van der Waals surface area contributed by atoms with Crippen LogP contribution in [-0.2, 0) is 25.9 Å². The van der Waals surface area contributed by atoms with Crippen molar-refractivity contribution in [2.45, 2.75) is 30.5 Å². The van der Waals surface area contributed by atoms with Crippen LogP contribution in [-0.4, -0.2) is 42.9 Å². The Hall–Kier alpha value is -2.93. The topological polar surface area (TPSA) is 132 Å². The molecule has 1 saturated heterocycles. The lowest BCUT2D eigenvalue weighted by Crippen LogP contribution is -2.46. The molecule has 0 aliphatic carbocycles. The van der Waals surface area contributed by atoms with Gasteiger partial charge in [-0.05, 0) is 49.7 Å². The number of amides is 1. The predicted molar refractivity (Wildman–Crippen MR) is 128 cm³/mol. The number of carbonyl (C=O) groups is 1. The number of aliphatic hydroxyl groups is 1. The fraction of sp³-hybridized carbons (Fsp3) is 0.304. The number of nitrogens with one attached hydrogen (secondary N) is 1. The number of benzene rings is 1. The Balaban J connectivity index is 1.67. The van der Waals surface area contributed by atoms with E-state index in [0.717, 1.165) is 23.5 Å². The van der Waals surface area contributed by atoms with Crippen molar-refractivity contribution < 1.29 is 31.8 Å². The molecule has 1 aliphatic rings. The normalized spacial score (nSPS) is 15.1. The van der Waals surface area contributed by atoms with Gasteiger partial charge in [-0.25, -0.2) is 22.2 Å². The van der Waals surface area contributed by atoms with Crippen LogP contribution in [0.15, 0.2) is 36.4 Å². The van der Waals surface area contributed by atoms with Crippen LogP contribution in [0, 0.1) is 11.6 Å². The van der Waals surface area contributed by atoms with Gasteiger partial charge in [0, 0.05) is 4.88 Å². The maximum atomic E-state index is 14.9. The molecule has 1 aliphatic heterocycles. The maximum Gasteiger partial charge on any atom is 0.251 e. The highest BCUT2D eigenvalue weighted by Gasteiger charge is 2.39. The van der Waals surface area contributed by atoms with E-state index in [1.54, 1.807) is 32.0 Å². The first-order valence-electron chi connectivity index (χ1n) is 10.6. The number of ether oxygens (including phenoxy) is 1. The van der Waals surface area contributed by atoms with Gasteiger partial charge in [0.15, 0.2) is 9.84 Å². The largest absolute Gasteiger partial charge is 0.380 e. The standard InChI is InChI=1S/C23H23F2N3O5S2/c1-12(2)35(31,32)9-14-4-3-5-19(27-14)28-22-15(21(26)29)8-18(34-22)20-16(24)6-13(7-17(20)25)23(30)10-33-11-23/h3-8,12,30H,9-11H2,1-2H3,(H2,26,29)(H,27,28). The van der Waals surface area contributed by atoms with Gasteiger partial charge in [0.25, 0.3) is 5.91 Å². The van der Waals surface area contributed by atoms with Crippen LogP contribution in [0.3, 0.4) is 0 Å². The molecular weight excluding hydrogens is 500 g/mol. The smallest absolute Gasteiger partial charge is 0.251 e. The fourth-order valence-electron chi connectivity index (χ4n) is 3.45. The van der Waals surface area contributed by atoms with Crippen molar-refractivity contribution in [2.24, 2.45) is 5.73 Å². The first-order chi connectivity index (χ1) is 16.4. The van der Waals surface area contributed by atoms with Gasteiger partial charge in [-0.2, -0.15) is 0 Å². The second-order valence-electron chi connectivity index (χ2n) is 8.55. The molecule has 0 unspecified atom stereocenters. The summed E-state index contributed by atoms with van der Waals surface area (Å²) in [6.45, 7) is 3.03. The molecule has 1 amide bonds. The number of pyridine rings is 1. The van der Waals surface area contributed by atoms with Gasteiger partial charge < -0.3 is 20.9 Å². The molecular formula is C23H23F2N3O5S2. The van der Waals surface area contributed by atoms with Gasteiger partial charge in [0.2, 0.25) is 0 Å². The third-order valence-electron chi connectivity index (χ3n) is 5.62. The molecule has 8 nitrogen and oxygen atoms in total. The highest BCUT2D eigenvalue weighted by atomic mass is 32.2. The summed E-state index contributed by atoms with van der Waals surface area (Å²) in [5.74, 6) is -2.68. The Bertz CT molecular complexity index is 1380. The average molecular weight is 524 g/mol. The van der Waals surface area contributed by atoms with E-state index in [1.165, 1.54) is 6.07 Å². The number of anilines is 2. The molecule has 1 fully saturated rings. The van der Waals surface area contributed by atoms with Crippen molar-refractivity contribution in [2.75, 3.05) is 18.5 Å². The number of primary amides is 1. The lowest BCUT2D eigenvalue weighted by atomic mass is 9.91. The van der Waals surface area contributed by atoms with Crippen molar-refractivity contribution >= 4 is 37.9 Å². The van der Waals surface area contributed by atoms with Gasteiger partial charge in [-0.15, -0.1) is 11.3 Å². The molecule has 0 spiro atoms. The monoisotopic (exact) mass is 523 g/mol. The van der Waals surface area contributed by atoms with E-state index in [-0.39, 0.29) is 51.4 Å². The number of thiophene rings is 1. The van der Waals surface area contributed by atoms with Crippen molar-refractivity contribution in [3.63, 3.8) is 0 Å². The summed E-state index contributed by atoms with van der Waals surface area (Å²) < 4.78 is 59.3. The molecule has 0 atom stereocenters. The van der Waals surface area contributed by atoms with E-state index in [9.17, 15) is 27.1 Å². The van der Waals surface area contributed by atoms with Crippen LogP contribution in [0.4, 0.5) is 19.6 Å². The van der Waals surface area contributed by atoms with Crippen LogP contribution in [0.1, 0.15) is 35.5 Å². The summed E-state index contributed by atoms with van der Waals surface area (Å²) in [5, 5.41) is 12.9. The third-order valence-corrected chi connectivity index (χ3v) is 8.82. The van der Waals surface area contributed by atoms with Gasteiger partial charge in [-0.1, -0.05) is 6.07 Å². The number of hydrogen-bond donors (Lipinski definition) is 3. The molecule has 0 bridgehead atoms. The molecule has 3 aromatic rings. The minimum Gasteiger partial charge on any atom is -0.380 e. The Labute approximate surface area is 204 Å². The summed E-state index contributed by atoms with van der Waals surface area (Å²) in [4.78, 5) is 16.4. The van der Waals surface area contributed by atoms with E-state index in [4.69, 9.17) is 10.5 Å². The molecule has 35 heavy (non-hydrogen) atoms. The quantitative estimate of drug-likeness (QED) is 0.412. The van der Waals surface area contributed by atoms with Crippen LogP contribution in [0.5, 0.6) is 0 Å². The van der Waals surface area contributed by atoms with Crippen LogP contribution in [0.2, 0.25) is 0 Å². The second-order valence-corrected chi connectivity index (χ2v) is 12.2. The molecule has 1 aromatic carbocycles. The molecule has 4 N–H and O–H groups in total. The van der Waals surface area contributed by atoms with Crippen molar-refractivity contribution in [3.05, 3.63) is 64.9 Å². The number of hydrogen-bond acceptors (Lipinski definition) is 8. The number of rotatable bonds is 8. The second kappa shape index (κ2) is 9.26. The number of halogens is 2. The molecule has 2 aromatic heterocycles. The van der Waals surface area contributed by atoms with Gasteiger partial charge in [0.1, 0.15) is 28.1 Å². The highest BCUT2D eigenvalue weighted by Crippen LogP contribution is 2.41. The van der Waals surface area contributed by atoms with E-state index in [1.807, 2.05) is 0 Å². The number of sulfone groups is 1. The lowest BCUT2D eigenvalue weighted by molar-refractivity contribution is -0.184. The van der Waals surface area contributed by atoms with Crippen molar-refractivity contribution in [1.82, 2.24) is 4.98 Å². The third kappa shape index (κ3) is 5.06.